The van der Waals surface area contributed by atoms with Crippen LogP contribution in [0.15, 0.2) is 0 Å². The summed E-state index contributed by atoms with van der Waals surface area (Å²) < 4.78 is 26.0. The largest absolute Gasteiger partial charge is 0.500 e. The lowest BCUT2D eigenvalue weighted by Crippen LogP contribution is -2.42. The highest BCUT2D eigenvalue weighted by atomic mass is 28.4. The van der Waals surface area contributed by atoms with Crippen molar-refractivity contribution < 1.29 is 22.1 Å². The predicted octanol–water partition coefficient (Wildman–Crippen LogP) is 0.913. The summed E-state index contributed by atoms with van der Waals surface area (Å²) in [7, 11) is 4.11. The van der Waals surface area contributed by atoms with Crippen molar-refractivity contribution in [2.75, 3.05) is 48.6 Å². The van der Waals surface area contributed by atoms with Crippen molar-refractivity contribution in [1.82, 2.24) is 0 Å². The first kappa shape index (κ1) is 23.4. The highest BCUT2D eigenvalue weighted by Crippen LogP contribution is 2.13. The second-order valence-electron chi connectivity index (χ2n) is 4.62. The van der Waals surface area contributed by atoms with Crippen LogP contribution in [0.5, 0.6) is 0 Å². The van der Waals surface area contributed by atoms with E-state index in [1.807, 2.05) is 6.55 Å². The third-order valence-corrected chi connectivity index (χ3v) is 9.14. The second kappa shape index (κ2) is 13.8. The van der Waals surface area contributed by atoms with Gasteiger partial charge in [0.1, 0.15) is 0 Å². The molecule has 0 aliphatic rings. The van der Waals surface area contributed by atoms with E-state index in [0.29, 0.717) is 6.54 Å². The van der Waals surface area contributed by atoms with Crippen molar-refractivity contribution in [2.45, 2.75) is 31.5 Å². The predicted molar refractivity (Wildman–Crippen MR) is 89.4 cm³/mol. The van der Waals surface area contributed by atoms with Crippen LogP contribution < -0.4 is 11.5 Å². The van der Waals surface area contributed by atoms with Crippen molar-refractivity contribution in [1.29, 1.82) is 0 Å². The minimum atomic E-state index is -2.32. The molecular weight excluding hydrogens is 308 g/mol. The van der Waals surface area contributed by atoms with E-state index in [1.54, 1.807) is 35.5 Å². The van der Waals surface area contributed by atoms with E-state index in [0.717, 1.165) is 31.5 Å². The van der Waals surface area contributed by atoms with Crippen molar-refractivity contribution in [3.05, 3.63) is 0 Å². The van der Waals surface area contributed by atoms with Crippen LogP contribution in [0, 0.1) is 0 Å². The third kappa shape index (κ3) is 10.5. The Morgan fingerprint density at radius 1 is 0.667 bits per heavy atom. The normalized spacial score (nSPS) is 12.0. The zero-order valence-electron chi connectivity index (χ0n) is 14.4. The van der Waals surface area contributed by atoms with E-state index in [2.05, 4.69) is 0 Å². The van der Waals surface area contributed by atoms with E-state index in [9.17, 15) is 0 Å². The van der Waals surface area contributed by atoms with E-state index < -0.39 is 17.4 Å². The van der Waals surface area contributed by atoms with Crippen LogP contribution in [0.4, 0.5) is 0 Å². The van der Waals surface area contributed by atoms with Gasteiger partial charge in [0, 0.05) is 41.6 Å². The minimum Gasteiger partial charge on any atom is -0.398 e. The molecule has 0 radical (unpaired) electrons. The molecule has 0 unspecified atom stereocenters. The van der Waals surface area contributed by atoms with Gasteiger partial charge in [-0.15, -0.1) is 0 Å². The Kier molecular flexibility index (Phi) is 15.4. The molecular formula is C12H34N2O5Si2. The molecule has 0 spiro atoms. The standard InChI is InChI=1S/C6H17NO3Si.C6H17NO2Si/c1-8-11(9-2,10-3)6-4-5-7;1-8-10(3,9-2)6-4-5-7/h4-7H2,1-3H3;4-7H2,1-3H3. The summed E-state index contributed by atoms with van der Waals surface area (Å²) in [5, 5.41) is 0. The Hall–Kier alpha value is 0.154. The van der Waals surface area contributed by atoms with Gasteiger partial charge < -0.3 is 33.6 Å². The van der Waals surface area contributed by atoms with Gasteiger partial charge in [0.2, 0.25) is 0 Å². The zero-order chi connectivity index (χ0) is 16.8. The maximum absolute atomic E-state index is 5.36. The van der Waals surface area contributed by atoms with Crippen molar-refractivity contribution in [3.8, 4) is 0 Å². The fourth-order valence-corrected chi connectivity index (χ4v) is 4.76. The summed E-state index contributed by atoms with van der Waals surface area (Å²) in [4.78, 5) is 0. The van der Waals surface area contributed by atoms with Crippen LogP contribution in [0.1, 0.15) is 12.8 Å². The molecule has 130 valence electrons. The maximum atomic E-state index is 5.36. The molecule has 0 amide bonds. The van der Waals surface area contributed by atoms with E-state index in [1.165, 1.54) is 0 Å². The monoisotopic (exact) mass is 342 g/mol. The van der Waals surface area contributed by atoms with Gasteiger partial charge in [-0.1, -0.05) is 0 Å². The molecule has 9 heteroatoms. The van der Waals surface area contributed by atoms with Crippen LogP contribution in [0.25, 0.3) is 0 Å². The van der Waals surface area contributed by atoms with E-state index >= 15 is 0 Å². The van der Waals surface area contributed by atoms with Crippen LogP contribution in [0.3, 0.4) is 0 Å². The quantitative estimate of drug-likeness (QED) is 0.539. The molecule has 0 heterocycles. The maximum Gasteiger partial charge on any atom is 0.500 e. The third-order valence-electron chi connectivity index (χ3n) is 3.32. The van der Waals surface area contributed by atoms with Gasteiger partial charge >= 0.3 is 17.4 Å². The van der Waals surface area contributed by atoms with Crippen molar-refractivity contribution >= 4 is 17.4 Å². The van der Waals surface area contributed by atoms with Crippen molar-refractivity contribution in [3.63, 3.8) is 0 Å². The summed E-state index contributed by atoms with van der Waals surface area (Å²) >= 11 is 0. The molecule has 0 fully saturated rings. The van der Waals surface area contributed by atoms with Gasteiger partial charge in [0.25, 0.3) is 0 Å². The molecule has 0 saturated heterocycles. The summed E-state index contributed by atoms with van der Waals surface area (Å²) in [6.45, 7) is 3.41. The number of hydrogen-bond donors (Lipinski definition) is 2. The Bertz CT molecular complexity index is 221. The summed E-state index contributed by atoms with van der Waals surface area (Å²) in [5.74, 6) is 0. The van der Waals surface area contributed by atoms with Gasteiger partial charge in [-0.3, -0.25) is 0 Å². The summed E-state index contributed by atoms with van der Waals surface area (Å²) in [6.07, 6.45) is 1.87. The fraction of sp³-hybridized carbons (Fsp3) is 1.00. The Morgan fingerprint density at radius 3 is 1.33 bits per heavy atom. The molecule has 0 saturated carbocycles. The lowest BCUT2D eigenvalue weighted by molar-refractivity contribution is 0.123. The molecule has 21 heavy (non-hydrogen) atoms. The van der Waals surface area contributed by atoms with Crippen LogP contribution in [-0.4, -0.2) is 66.0 Å². The highest BCUT2D eigenvalue weighted by molar-refractivity contribution is 6.65. The molecule has 7 nitrogen and oxygen atoms in total. The molecule has 0 aliphatic heterocycles. The van der Waals surface area contributed by atoms with Gasteiger partial charge in [-0.05, 0) is 38.5 Å². The minimum absolute atomic E-state index is 0.644. The molecule has 0 aromatic carbocycles. The average Bonchev–Trinajstić information content (AvgIpc) is 2.55. The average molecular weight is 343 g/mol. The molecule has 0 aromatic rings. The summed E-state index contributed by atoms with van der Waals surface area (Å²) in [6, 6.07) is 1.77. The SMILES string of the molecule is CO[Si](C)(CCCN)OC.CO[Si](CCCN)(OC)OC. The molecule has 4 N–H and O–H groups in total. The molecule has 0 aromatic heterocycles. The number of rotatable bonds is 11. The Morgan fingerprint density at radius 2 is 1.05 bits per heavy atom. The van der Waals surface area contributed by atoms with E-state index in [4.69, 9.17) is 33.6 Å². The molecule has 0 atom stereocenters. The fourth-order valence-electron chi connectivity index (χ4n) is 1.59. The smallest absolute Gasteiger partial charge is 0.398 e. The number of hydrogen-bond acceptors (Lipinski definition) is 7. The topological polar surface area (TPSA) is 98.2 Å². The zero-order valence-corrected chi connectivity index (χ0v) is 16.4. The van der Waals surface area contributed by atoms with Crippen LogP contribution >= 0.6 is 0 Å². The Balaban J connectivity index is 0. The van der Waals surface area contributed by atoms with Gasteiger partial charge in [-0.2, -0.15) is 0 Å². The number of nitrogens with two attached hydrogens (primary N) is 2. The van der Waals surface area contributed by atoms with Gasteiger partial charge in [0.15, 0.2) is 0 Å². The van der Waals surface area contributed by atoms with Crippen LogP contribution in [0.2, 0.25) is 18.6 Å². The highest BCUT2D eigenvalue weighted by Gasteiger charge is 2.36. The van der Waals surface area contributed by atoms with E-state index in [-0.39, 0.29) is 0 Å². The lowest BCUT2D eigenvalue weighted by atomic mass is 10.5. The Labute approximate surface area is 131 Å². The second-order valence-corrected chi connectivity index (χ2v) is 11.3. The molecule has 0 aliphatic carbocycles. The molecule has 0 rings (SSSR count). The van der Waals surface area contributed by atoms with Gasteiger partial charge in [-0.25, -0.2) is 0 Å². The molecule has 0 bridgehead atoms. The van der Waals surface area contributed by atoms with Crippen molar-refractivity contribution in [2.24, 2.45) is 11.5 Å². The first-order chi connectivity index (χ1) is 9.92. The van der Waals surface area contributed by atoms with Crippen LogP contribution in [-0.2, 0) is 22.1 Å². The first-order valence-electron chi connectivity index (χ1n) is 7.09. The van der Waals surface area contributed by atoms with Gasteiger partial charge in [0.05, 0.1) is 0 Å². The lowest BCUT2D eigenvalue weighted by Gasteiger charge is -2.23. The first-order valence-corrected chi connectivity index (χ1v) is 11.5. The summed E-state index contributed by atoms with van der Waals surface area (Å²) in [5.41, 5.74) is 10.7.